The molecule has 1 aliphatic heterocycles. The number of benzene rings is 2. The summed E-state index contributed by atoms with van der Waals surface area (Å²) in [6.45, 7) is 4.66. The molecule has 1 N–H and O–H groups in total. The monoisotopic (exact) mass is 518 g/mol. The molecule has 0 unspecified atom stereocenters. The Morgan fingerprint density at radius 1 is 1.12 bits per heavy atom. The van der Waals surface area contributed by atoms with Gasteiger partial charge in [0.2, 0.25) is 0 Å². The minimum absolute atomic E-state index is 0.101. The molecule has 0 spiro atoms. The minimum atomic E-state index is -0.966. The first kappa shape index (κ1) is 22.7. The molecular formula is C24H24BrClN2O4. The molecule has 2 aromatic carbocycles. The average Bonchev–Trinajstić information content (AvgIpc) is 3.09. The van der Waals surface area contributed by atoms with Crippen molar-refractivity contribution in [3.63, 3.8) is 0 Å². The molecule has 6 nitrogen and oxygen atoms in total. The molecule has 0 saturated heterocycles. The van der Waals surface area contributed by atoms with Gasteiger partial charge in [-0.15, -0.1) is 0 Å². The maximum absolute atomic E-state index is 13.4. The van der Waals surface area contributed by atoms with E-state index in [1.807, 2.05) is 41.1 Å². The van der Waals surface area contributed by atoms with Gasteiger partial charge in [0.1, 0.15) is 12.3 Å². The van der Waals surface area contributed by atoms with Crippen molar-refractivity contribution in [2.24, 2.45) is 0 Å². The van der Waals surface area contributed by atoms with Gasteiger partial charge in [-0.05, 0) is 59.6 Å². The summed E-state index contributed by atoms with van der Waals surface area (Å²) in [5.74, 6) is 0.911. The van der Waals surface area contributed by atoms with Crippen LogP contribution in [0.1, 0.15) is 24.3 Å². The van der Waals surface area contributed by atoms with Gasteiger partial charge in [0.15, 0.2) is 11.5 Å². The van der Waals surface area contributed by atoms with Crippen molar-refractivity contribution in [3.05, 3.63) is 63.9 Å². The van der Waals surface area contributed by atoms with Crippen LogP contribution in [0.2, 0.25) is 5.02 Å². The van der Waals surface area contributed by atoms with Gasteiger partial charge < -0.3 is 24.0 Å². The van der Waals surface area contributed by atoms with Gasteiger partial charge in [-0.2, -0.15) is 0 Å². The molecule has 0 radical (unpaired) electrons. The van der Waals surface area contributed by atoms with E-state index in [1.165, 1.54) is 0 Å². The maximum Gasteiger partial charge on any atom is 0.276 e. The second-order valence-corrected chi connectivity index (χ2v) is 9.53. The van der Waals surface area contributed by atoms with Crippen LogP contribution in [0.3, 0.4) is 0 Å². The van der Waals surface area contributed by atoms with E-state index in [4.69, 9.17) is 21.1 Å². The molecule has 1 amide bonds. The van der Waals surface area contributed by atoms with Crippen LogP contribution in [0, 0.1) is 0 Å². The van der Waals surface area contributed by atoms with Crippen molar-refractivity contribution < 1.29 is 19.4 Å². The summed E-state index contributed by atoms with van der Waals surface area (Å²) in [6, 6.07) is 12.9. The Balaban J connectivity index is 1.63. The van der Waals surface area contributed by atoms with E-state index in [2.05, 4.69) is 15.9 Å². The van der Waals surface area contributed by atoms with Crippen molar-refractivity contribution in [3.8, 4) is 22.6 Å². The van der Waals surface area contributed by atoms with Crippen LogP contribution in [-0.4, -0.2) is 41.4 Å². The molecule has 0 saturated carbocycles. The normalized spacial score (nSPS) is 13.8. The predicted molar refractivity (Wildman–Crippen MR) is 129 cm³/mol. The number of methoxy groups -OCH3 is 1. The Morgan fingerprint density at radius 2 is 1.84 bits per heavy atom. The summed E-state index contributed by atoms with van der Waals surface area (Å²) in [7, 11) is 1.55. The van der Waals surface area contributed by atoms with Crippen LogP contribution in [0.15, 0.2) is 53.1 Å². The zero-order valence-corrected chi connectivity index (χ0v) is 20.4. The van der Waals surface area contributed by atoms with Crippen molar-refractivity contribution in [1.82, 2.24) is 4.57 Å². The first-order valence-electron chi connectivity index (χ1n) is 10.2. The number of nitrogens with zero attached hydrogens (tertiary/aromatic N) is 2. The molecule has 1 aromatic heterocycles. The molecule has 8 heteroatoms. The highest BCUT2D eigenvalue weighted by molar-refractivity contribution is 9.10. The fourth-order valence-electron chi connectivity index (χ4n) is 3.64. The van der Waals surface area contributed by atoms with Crippen LogP contribution in [0.5, 0.6) is 11.5 Å². The van der Waals surface area contributed by atoms with E-state index < -0.39 is 5.60 Å². The zero-order chi connectivity index (χ0) is 23.0. The Bertz CT molecular complexity index is 1150. The lowest BCUT2D eigenvalue weighted by Crippen LogP contribution is -2.40. The first-order chi connectivity index (χ1) is 15.2. The highest BCUT2D eigenvalue weighted by Crippen LogP contribution is 2.38. The number of ether oxygens (including phenoxy) is 2. The number of aromatic nitrogens is 1. The van der Waals surface area contributed by atoms with Crippen molar-refractivity contribution in [1.29, 1.82) is 0 Å². The summed E-state index contributed by atoms with van der Waals surface area (Å²) in [5.41, 5.74) is 2.28. The molecule has 0 fully saturated rings. The number of anilines is 1. The van der Waals surface area contributed by atoms with E-state index in [1.54, 1.807) is 38.0 Å². The standard InChI is InChI=1S/C24H24BrClN2O4/c1-24(2,30)14-32-19-9-8-17(12-20(19)31-3)28-11-10-27-13-18(21(25)22(27)23(28)29)15-4-6-16(26)7-5-15/h4-9,12-13,30H,10-11,14H2,1-3H3. The van der Waals surface area contributed by atoms with Gasteiger partial charge in [0.25, 0.3) is 5.91 Å². The van der Waals surface area contributed by atoms with E-state index >= 15 is 0 Å². The van der Waals surface area contributed by atoms with Crippen molar-refractivity contribution in [2.45, 2.75) is 26.0 Å². The average molecular weight is 520 g/mol. The fourth-order valence-corrected chi connectivity index (χ4v) is 4.49. The lowest BCUT2D eigenvalue weighted by Gasteiger charge is -2.29. The molecular weight excluding hydrogens is 496 g/mol. The Morgan fingerprint density at radius 3 is 2.50 bits per heavy atom. The third-order valence-corrected chi connectivity index (χ3v) is 6.28. The Kier molecular flexibility index (Phi) is 6.25. The number of amides is 1. The largest absolute Gasteiger partial charge is 0.493 e. The number of carbonyl (C=O) groups is 1. The summed E-state index contributed by atoms with van der Waals surface area (Å²) in [5, 5.41) is 10.6. The van der Waals surface area contributed by atoms with E-state index in [9.17, 15) is 9.90 Å². The smallest absolute Gasteiger partial charge is 0.276 e. The molecule has 1 aliphatic rings. The van der Waals surface area contributed by atoms with Gasteiger partial charge in [0.05, 0.1) is 17.2 Å². The lowest BCUT2D eigenvalue weighted by molar-refractivity contribution is 0.0276. The van der Waals surface area contributed by atoms with E-state index in [0.717, 1.165) is 21.3 Å². The van der Waals surface area contributed by atoms with Crippen LogP contribution in [0.4, 0.5) is 5.69 Å². The molecule has 4 rings (SSSR count). The first-order valence-corrected chi connectivity index (χ1v) is 11.3. The molecule has 0 bridgehead atoms. The third-order valence-electron chi connectivity index (χ3n) is 5.22. The quantitative estimate of drug-likeness (QED) is 0.474. The number of halogens is 2. The SMILES string of the molecule is COc1cc(N2CCn3cc(-c4ccc(Cl)cc4)c(Br)c3C2=O)ccc1OCC(C)(C)O. The number of rotatable bonds is 6. The van der Waals surface area contributed by atoms with Crippen LogP contribution >= 0.6 is 27.5 Å². The molecule has 3 aromatic rings. The van der Waals surface area contributed by atoms with Gasteiger partial charge in [0, 0.05) is 41.6 Å². The second-order valence-electron chi connectivity index (χ2n) is 8.30. The van der Waals surface area contributed by atoms with Crippen LogP contribution in [-0.2, 0) is 6.54 Å². The number of carbonyl (C=O) groups excluding carboxylic acids is 1. The molecule has 2 heterocycles. The van der Waals surface area contributed by atoms with Crippen LogP contribution in [0.25, 0.3) is 11.1 Å². The van der Waals surface area contributed by atoms with Crippen molar-refractivity contribution >= 4 is 39.1 Å². The van der Waals surface area contributed by atoms with Gasteiger partial charge >= 0.3 is 0 Å². The zero-order valence-electron chi connectivity index (χ0n) is 18.1. The second kappa shape index (κ2) is 8.81. The summed E-state index contributed by atoms with van der Waals surface area (Å²) >= 11 is 9.66. The minimum Gasteiger partial charge on any atom is -0.493 e. The summed E-state index contributed by atoms with van der Waals surface area (Å²) < 4.78 is 13.9. The molecule has 0 atom stereocenters. The van der Waals surface area contributed by atoms with Crippen LogP contribution < -0.4 is 14.4 Å². The predicted octanol–water partition coefficient (Wildman–Crippen LogP) is 5.39. The summed E-state index contributed by atoms with van der Waals surface area (Å²) in [4.78, 5) is 15.2. The highest BCUT2D eigenvalue weighted by atomic mass is 79.9. The molecule has 168 valence electrons. The van der Waals surface area contributed by atoms with Gasteiger partial charge in [-0.1, -0.05) is 23.7 Å². The topological polar surface area (TPSA) is 63.9 Å². The van der Waals surface area contributed by atoms with E-state index in [0.29, 0.717) is 35.3 Å². The lowest BCUT2D eigenvalue weighted by atomic mass is 10.1. The molecule has 32 heavy (non-hydrogen) atoms. The molecule has 0 aliphatic carbocycles. The summed E-state index contributed by atoms with van der Waals surface area (Å²) in [6.07, 6.45) is 1.99. The number of fused-ring (bicyclic) bond motifs is 1. The third kappa shape index (κ3) is 4.51. The maximum atomic E-state index is 13.4. The Hall–Kier alpha value is -2.48. The number of hydrogen-bond acceptors (Lipinski definition) is 4. The number of hydrogen-bond donors (Lipinski definition) is 1. The fraction of sp³-hybridized carbons (Fsp3) is 0.292. The number of aliphatic hydroxyl groups is 1. The van der Waals surface area contributed by atoms with E-state index in [-0.39, 0.29) is 12.5 Å². The van der Waals surface area contributed by atoms with Gasteiger partial charge in [-0.3, -0.25) is 4.79 Å². The van der Waals surface area contributed by atoms with Crippen molar-refractivity contribution in [2.75, 3.05) is 25.2 Å². The Labute approximate surface area is 200 Å². The highest BCUT2D eigenvalue weighted by Gasteiger charge is 2.31. The van der Waals surface area contributed by atoms with Gasteiger partial charge in [-0.25, -0.2) is 0 Å².